The van der Waals surface area contributed by atoms with Crippen LogP contribution in [0.2, 0.25) is 0 Å². The van der Waals surface area contributed by atoms with Gasteiger partial charge in [-0.2, -0.15) is 0 Å². The minimum atomic E-state index is -0.141. The second-order valence-corrected chi connectivity index (χ2v) is 3.98. The summed E-state index contributed by atoms with van der Waals surface area (Å²) >= 11 is 0. The molecule has 0 fully saturated rings. The van der Waals surface area contributed by atoms with Crippen molar-refractivity contribution < 1.29 is 9.47 Å². The Balaban J connectivity index is 2.72. The summed E-state index contributed by atoms with van der Waals surface area (Å²) in [5.41, 5.74) is 2.54. The average Bonchev–Trinajstić information content (AvgIpc) is 2.29. The monoisotopic (exact) mass is 222 g/mol. The van der Waals surface area contributed by atoms with E-state index in [1.54, 1.807) is 0 Å². The van der Waals surface area contributed by atoms with Crippen molar-refractivity contribution in [3.63, 3.8) is 0 Å². The highest BCUT2D eigenvalue weighted by molar-refractivity contribution is 5.24. The first kappa shape index (κ1) is 13.2. The lowest BCUT2D eigenvalue weighted by molar-refractivity contribution is -0.147. The van der Waals surface area contributed by atoms with Crippen molar-refractivity contribution in [1.29, 1.82) is 0 Å². The van der Waals surface area contributed by atoms with Crippen LogP contribution < -0.4 is 0 Å². The van der Waals surface area contributed by atoms with Crippen molar-refractivity contribution in [2.24, 2.45) is 0 Å². The molecular weight excluding hydrogens is 200 g/mol. The van der Waals surface area contributed by atoms with Gasteiger partial charge in [-0.15, -0.1) is 0 Å². The van der Waals surface area contributed by atoms with Crippen LogP contribution >= 0.6 is 0 Å². The van der Waals surface area contributed by atoms with Crippen LogP contribution in [0.1, 0.15) is 37.8 Å². The molecule has 0 aliphatic carbocycles. The SMILES string of the molecule is CCOC(OCC)C(C)c1ccc(C)cc1. The molecule has 2 nitrogen and oxygen atoms in total. The Labute approximate surface area is 98.6 Å². The molecule has 1 aromatic carbocycles. The first-order chi connectivity index (χ1) is 7.69. The van der Waals surface area contributed by atoms with Crippen molar-refractivity contribution in [3.8, 4) is 0 Å². The maximum Gasteiger partial charge on any atom is 0.164 e. The third-order valence-electron chi connectivity index (χ3n) is 2.67. The Morgan fingerprint density at radius 3 is 1.94 bits per heavy atom. The third-order valence-corrected chi connectivity index (χ3v) is 2.67. The summed E-state index contributed by atoms with van der Waals surface area (Å²) in [6.45, 7) is 9.58. The van der Waals surface area contributed by atoms with Crippen molar-refractivity contribution in [3.05, 3.63) is 35.4 Å². The van der Waals surface area contributed by atoms with Gasteiger partial charge in [0.05, 0.1) is 0 Å². The van der Waals surface area contributed by atoms with Crippen LogP contribution in [-0.4, -0.2) is 19.5 Å². The van der Waals surface area contributed by atoms with E-state index in [2.05, 4.69) is 38.1 Å². The first-order valence-corrected chi connectivity index (χ1v) is 5.98. The Hall–Kier alpha value is -0.860. The highest BCUT2D eigenvalue weighted by Crippen LogP contribution is 2.22. The number of aryl methyl sites for hydroxylation is 1. The van der Waals surface area contributed by atoms with Crippen LogP contribution in [0.5, 0.6) is 0 Å². The molecule has 0 heterocycles. The number of hydrogen-bond acceptors (Lipinski definition) is 2. The summed E-state index contributed by atoms with van der Waals surface area (Å²) in [7, 11) is 0. The molecule has 0 aliphatic heterocycles. The summed E-state index contributed by atoms with van der Waals surface area (Å²) in [6, 6.07) is 8.54. The molecule has 0 aromatic heterocycles. The molecule has 2 heteroatoms. The lowest BCUT2D eigenvalue weighted by Crippen LogP contribution is -2.24. The van der Waals surface area contributed by atoms with Gasteiger partial charge in [0, 0.05) is 19.1 Å². The van der Waals surface area contributed by atoms with E-state index in [1.165, 1.54) is 11.1 Å². The fourth-order valence-corrected chi connectivity index (χ4v) is 1.69. The van der Waals surface area contributed by atoms with E-state index in [9.17, 15) is 0 Å². The van der Waals surface area contributed by atoms with E-state index in [0.717, 1.165) is 0 Å². The zero-order valence-electron chi connectivity index (χ0n) is 10.7. The highest BCUT2D eigenvalue weighted by atomic mass is 16.7. The van der Waals surface area contributed by atoms with Gasteiger partial charge in [0.2, 0.25) is 0 Å². The molecule has 0 N–H and O–H groups in total. The predicted octanol–water partition coefficient (Wildman–Crippen LogP) is 3.50. The van der Waals surface area contributed by atoms with Gasteiger partial charge in [-0.1, -0.05) is 36.8 Å². The Kier molecular flexibility index (Phi) is 5.50. The lowest BCUT2D eigenvalue weighted by Gasteiger charge is -2.24. The van der Waals surface area contributed by atoms with Gasteiger partial charge in [0.1, 0.15) is 0 Å². The molecule has 1 rings (SSSR count). The number of ether oxygens (including phenoxy) is 2. The average molecular weight is 222 g/mol. The smallest absolute Gasteiger partial charge is 0.164 e. The van der Waals surface area contributed by atoms with E-state index in [4.69, 9.17) is 9.47 Å². The van der Waals surface area contributed by atoms with Gasteiger partial charge in [-0.3, -0.25) is 0 Å². The number of hydrogen-bond donors (Lipinski definition) is 0. The fraction of sp³-hybridized carbons (Fsp3) is 0.571. The fourth-order valence-electron chi connectivity index (χ4n) is 1.69. The highest BCUT2D eigenvalue weighted by Gasteiger charge is 2.19. The van der Waals surface area contributed by atoms with Crippen LogP contribution in [0.3, 0.4) is 0 Å². The normalized spacial score (nSPS) is 13.1. The molecule has 1 aromatic rings. The Bertz CT molecular complexity index is 286. The molecule has 0 aliphatic rings. The van der Waals surface area contributed by atoms with Gasteiger partial charge in [-0.25, -0.2) is 0 Å². The molecule has 16 heavy (non-hydrogen) atoms. The molecule has 1 unspecified atom stereocenters. The molecule has 90 valence electrons. The Morgan fingerprint density at radius 1 is 1.00 bits per heavy atom. The minimum absolute atomic E-state index is 0.141. The van der Waals surface area contributed by atoms with Gasteiger partial charge < -0.3 is 9.47 Å². The zero-order chi connectivity index (χ0) is 12.0. The van der Waals surface area contributed by atoms with Gasteiger partial charge in [-0.05, 0) is 26.3 Å². The van der Waals surface area contributed by atoms with Crippen molar-refractivity contribution in [2.45, 2.75) is 39.9 Å². The lowest BCUT2D eigenvalue weighted by atomic mass is 9.99. The summed E-state index contributed by atoms with van der Waals surface area (Å²) in [4.78, 5) is 0. The van der Waals surface area contributed by atoms with Crippen LogP contribution in [-0.2, 0) is 9.47 Å². The zero-order valence-corrected chi connectivity index (χ0v) is 10.7. The topological polar surface area (TPSA) is 18.5 Å². The van der Waals surface area contributed by atoms with Crippen LogP contribution in [0.4, 0.5) is 0 Å². The first-order valence-electron chi connectivity index (χ1n) is 5.98. The predicted molar refractivity (Wildman–Crippen MR) is 66.6 cm³/mol. The standard InChI is InChI=1S/C14H22O2/c1-5-15-14(16-6-2)12(4)13-9-7-11(3)8-10-13/h7-10,12,14H,5-6H2,1-4H3. The maximum atomic E-state index is 5.61. The van der Waals surface area contributed by atoms with Gasteiger partial charge in [0.25, 0.3) is 0 Å². The molecule has 0 amide bonds. The third kappa shape index (κ3) is 3.62. The van der Waals surface area contributed by atoms with Gasteiger partial charge in [0.15, 0.2) is 6.29 Å². The maximum absolute atomic E-state index is 5.61. The van der Waals surface area contributed by atoms with Crippen LogP contribution in [0.25, 0.3) is 0 Å². The molecule has 0 bridgehead atoms. The van der Waals surface area contributed by atoms with Crippen molar-refractivity contribution in [2.75, 3.05) is 13.2 Å². The van der Waals surface area contributed by atoms with E-state index < -0.39 is 0 Å². The van der Waals surface area contributed by atoms with E-state index in [-0.39, 0.29) is 12.2 Å². The van der Waals surface area contributed by atoms with E-state index >= 15 is 0 Å². The molecule has 0 spiro atoms. The summed E-state index contributed by atoms with van der Waals surface area (Å²) in [5, 5.41) is 0. The summed E-state index contributed by atoms with van der Waals surface area (Å²) in [5.74, 6) is 0.264. The minimum Gasteiger partial charge on any atom is -0.352 e. The van der Waals surface area contributed by atoms with Crippen LogP contribution in [0, 0.1) is 6.92 Å². The second-order valence-electron chi connectivity index (χ2n) is 3.98. The quantitative estimate of drug-likeness (QED) is 0.686. The molecule has 0 saturated carbocycles. The summed E-state index contributed by atoms with van der Waals surface area (Å²) in [6.07, 6.45) is -0.141. The van der Waals surface area contributed by atoms with Crippen molar-refractivity contribution in [1.82, 2.24) is 0 Å². The molecule has 0 saturated heterocycles. The van der Waals surface area contributed by atoms with Gasteiger partial charge >= 0.3 is 0 Å². The van der Waals surface area contributed by atoms with Crippen molar-refractivity contribution >= 4 is 0 Å². The number of rotatable bonds is 6. The number of benzene rings is 1. The summed E-state index contributed by atoms with van der Waals surface area (Å²) < 4.78 is 11.2. The van der Waals surface area contributed by atoms with E-state index in [0.29, 0.717) is 13.2 Å². The Morgan fingerprint density at radius 2 is 1.50 bits per heavy atom. The largest absolute Gasteiger partial charge is 0.352 e. The van der Waals surface area contributed by atoms with E-state index in [1.807, 2.05) is 13.8 Å². The van der Waals surface area contributed by atoms with Crippen LogP contribution in [0.15, 0.2) is 24.3 Å². The molecular formula is C14H22O2. The molecule has 0 radical (unpaired) electrons. The second kappa shape index (κ2) is 6.66. The molecule has 1 atom stereocenters.